The van der Waals surface area contributed by atoms with Crippen LogP contribution < -0.4 is 15.0 Å². The van der Waals surface area contributed by atoms with Gasteiger partial charge in [0.25, 0.3) is 5.91 Å². The lowest BCUT2D eigenvalue weighted by Crippen LogP contribution is -2.21. The van der Waals surface area contributed by atoms with Crippen LogP contribution in [-0.4, -0.2) is 58.5 Å². The molecule has 4 aromatic rings. The topological polar surface area (TPSA) is 111 Å². The number of aliphatic hydroxyl groups is 2. The quantitative estimate of drug-likeness (QED) is 0.310. The normalized spacial score (nSPS) is 14.3. The van der Waals surface area contributed by atoms with E-state index in [0.717, 1.165) is 30.0 Å². The van der Waals surface area contributed by atoms with Gasteiger partial charge in [0.05, 0.1) is 17.7 Å². The van der Waals surface area contributed by atoms with Crippen LogP contribution in [-0.2, 0) is 0 Å². The molecule has 4 N–H and O–H groups in total. The maximum atomic E-state index is 13.1. The number of para-hydroxylation sites is 1. The number of carbonyl (C=O) groups is 1. The highest BCUT2D eigenvalue weighted by molar-refractivity contribution is 6.11. The number of hydrogen-bond acceptors (Lipinski definition) is 6. The van der Waals surface area contributed by atoms with Crippen molar-refractivity contribution in [2.75, 3.05) is 36.5 Å². The third-order valence-corrected chi connectivity index (χ3v) is 6.11. The molecule has 0 radical (unpaired) electrons. The van der Waals surface area contributed by atoms with Crippen LogP contribution in [0.2, 0.25) is 0 Å². The van der Waals surface area contributed by atoms with Crippen LogP contribution in [0.5, 0.6) is 5.75 Å². The molecule has 0 aliphatic carbocycles. The molecule has 1 amide bonds. The Morgan fingerprint density at radius 3 is 2.63 bits per heavy atom. The third kappa shape index (κ3) is 5.13. The molecule has 0 bridgehead atoms. The van der Waals surface area contributed by atoms with Gasteiger partial charge in [-0.15, -0.1) is 0 Å². The van der Waals surface area contributed by atoms with E-state index in [-0.39, 0.29) is 19.1 Å². The lowest BCUT2D eigenvalue weighted by molar-refractivity contribution is 0.0536. The molecule has 1 fully saturated rings. The van der Waals surface area contributed by atoms with Crippen molar-refractivity contribution in [2.45, 2.75) is 18.9 Å². The molecular weight excluding hydrogens is 444 g/mol. The van der Waals surface area contributed by atoms with Crippen molar-refractivity contribution in [3.8, 4) is 17.1 Å². The minimum absolute atomic E-state index is 0.00731. The van der Waals surface area contributed by atoms with Gasteiger partial charge in [-0.25, -0.2) is 4.98 Å². The average Bonchev–Trinajstić information content (AvgIpc) is 3.58. The molecule has 180 valence electrons. The molecule has 8 heteroatoms. The van der Waals surface area contributed by atoms with Gasteiger partial charge in [0, 0.05) is 30.0 Å². The number of anilines is 2. The number of ether oxygens (including phenoxy) is 1. The molecule has 1 atom stereocenters. The minimum atomic E-state index is -0.934. The van der Waals surface area contributed by atoms with Crippen LogP contribution in [0.25, 0.3) is 22.4 Å². The van der Waals surface area contributed by atoms with Crippen molar-refractivity contribution < 1.29 is 19.7 Å². The Bertz CT molecular complexity index is 1310. The zero-order valence-electron chi connectivity index (χ0n) is 19.3. The third-order valence-electron chi connectivity index (χ3n) is 6.11. The molecule has 3 aromatic carbocycles. The molecule has 8 nitrogen and oxygen atoms in total. The van der Waals surface area contributed by atoms with Crippen molar-refractivity contribution in [3.05, 3.63) is 72.3 Å². The minimum Gasteiger partial charge on any atom is -0.491 e. The number of imidazole rings is 1. The zero-order chi connectivity index (χ0) is 24.2. The first kappa shape index (κ1) is 22.9. The second kappa shape index (κ2) is 10.2. The fourth-order valence-electron chi connectivity index (χ4n) is 4.26. The Kier molecular flexibility index (Phi) is 6.65. The molecule has 0 unspecified atom stereocenters. The van der Waals surface area contributed by atoms with Gasteiger partial charge in [-0.1, -0.05) is 18.2 Å². The number of nitrogens with zero attached hydrogens (tertiary/aromatic N) is 2. The smallest absolute Gasteiger partial charge is 0.257 e. The SMILES string of the molecule is O=C(Nc1ccc(OC[C@@H](O)CO)cc1)c1cccc2[nH]c(-c3cccc(N4CCCC4)c3)nc12. The number of nitrogens with one attached hydrogen (secondary N) is 2. The predicted octanol–water partition coefficient (Wildman–Crippen LogP) is 3.81. The number of amides is 1. The van der Waals surface area contributed by atoms with E-state index >= 15 is 0 Å². The largest absolute Gasteiger partial charge is 0.491 e. The molecule has 0 spiro atoms. The summed E-state index contributed by atoms with van der Waals surface area (Å²) in [6, 6.07) is 20.7. The number of hydrogen-bond donors (Lipinski definition) is 4. The van der Waals surface area contributed by atoms with Gasteiger partial charge in [0.2, 0.25) is 0 Å². The molecule has 1 aromatic heterocycles. The standard InChI is InChI=1S/C27H28N4O4/c32-16-21(33)17-35-22-11-9-19(10-12-22)28-27(34)23-7-4-8-24-25(23)30-26(29-24)18-5-3-6-20(15-18)31-13-1-2-14-31/h3-12,15,21,32-33H,1-2,13-14,16-17H2,(H,28,34)(H,29,30)/t21-/m0/s1. The maximum Gasteiger partial charge on any atom is 0.257 e. The summed E-state index contributed by atoms with van der Waals surface area (Å²) in [6.07, 6.45) is 1.50. The first-order chi connectivity index (χ1) is 17.1. The van der Waals surface area contributed by atoms with Crippen LogP contribution in [0.15, 0.2) is 66.7 Å². The number of rotatable bonds is 8. The highest BCUT2D eigenvalue weighted by Crippen LogP contribution is 2.28. The summed E-state index contributed by atoms with van der Waals surface area (Å²) < 4.78 is 5.41. The molecule has 1 aliphatic heterocycles. The molecule has 1 saturated heterocycles. The number of carbonyl (C=O) groups excluding carboxylic acids is 1. The summed E-state index contributed by atoms with van der Waals surface area (Å²) in [6.45, 7) is 1.78. The fraction of sp³-hybridized carbons (Fsp3) is 0.259. The number of fused-ring (bicyclic) bond motifs is 1. The Morgan fingerprint density at radius 2 is 1.86 bits per heavy atom. The van der Waals surface area contributed by atoms with Crippen LogP contribution in [0, 0.1) is 0 Å². The Hall–Kier alpha value is -3.88. The van der Waals surface area contributed by atoms with Crippen molar-refractivity contribution in [3.63, 3.8) is 0 Å². The van der Waals surface area contributed by atoms with E-state index in [1.807, 2.05) is 24.3 Å². The van der Waals surface area contributed by atoms with E-state index in [1.165, 1.54) is 18.5 Å². The van der Waals surface area contributed by atoms with Crippen molar-refractivity contribution in [1.29, 1.82) is 0 Å². The summed E-state index contributed by atoms with van der Waals surface area (Å²) in [4.78, 5) is 23.6. The maximum absolute atomic E-state index is 13.1. The highest BCUT2D eigenvalue weighted by Gasteiger charge is 2.17. The van der Waals surface area contributed by atoms with Crippen LogP contribution >= 0.6 is 0 Å². The molecule has 5 rings (SSSR count). The number of aromatic amines is 1. The number of H-pyrrole nitrogens is 1. The van der Waals surface area contributed by atoms with Gasteiger partial charge in [-0.3, -0.25) is 4.79 Å². The molecule has 0 saturated carbocycles. The van der Waals surface area contributed by atoms with E-state index in [4.69, 9.17) is 14.8 Å². The first-order valence-electron chi connectivity index (χ1n) is 11.8. The average molecular weight is 473 g/mol. The van der Waals surface area contributed by atoms with E-state index in [0.29, 0.717) is 22.5 Å². The number of aliphatic hydroxyl groups excluding tert-OH is 2. The lowest BCUT2D eigenvalue weighted by atomic mass is 10.1. The van der Waals surface area contributed by atoms with Crippen LogP contribution in [0.4, 0.5) is 11.4 Å². The van der Waals surface area contributed by atoms with Crippen LogP contribution in [0.3, 0.4) is 0 Å². The van der Waals surface area contributed by atoms with E-state index in [9.17, 15) is 9.90 Å². The van der Waals surface area contributed by atoms with Crippen LogP contribution in [0.1, 0.15) is 23.2 Å². The molecule has 35 heavy (non-hydrogen) atoms. The number of benzene rings is 3. The number of aromatic nitrogens is 2. The Balaban J connectivity index is 1.34. The molecular formula is C27H28N4O4. The van der Waals surface area contributed by atoms with Crippen molar-refractivity contribution in [1.82, 2.24) is 9.97 Å². The van der Waals surface area contributed by atoms with E-state index in [2.05, 4.69) is 27.3 Å². The fourth-order valence-corrected chi connectivity index (χ4v) is 4.26. The Morgan fingerprint density at radius 1 is 1.09 bits per heavy atom. The second-order valence-electron chi connectivity index (χ2n) is 8.66. The molecule has 1 aliphatic rings. The van der Waals surface area contributed by atoms with Gasteiger partial charge in [-0.05, 0) is 61.4 Å². The summed E-state index contributed by atoms with van der Waals surface area (Å²) in [5.74, 6) is 1.00. The van der Waals surface area contributed by atoms with Crippen molar-refractivity contribution >= 4 is 28.3 Å². The van der Waals surface area contributed by atoms with Gasteiger partial charge in [-0.2, -0.15) is 0 Å². The Labute approximate surface area is 203 Å². The van der Waals surface area contributed by atoms with Gasteiger partial charge < -0.3 is 30.2 Å². The lowest BCUT2D eigenvalue weighted by Gasteiger charge is -2.17. The van der Waals surface area contributed by atoms with Gasteiger partial charge in [0.1, 0.15) is 29.8 Å². The van der Waals surface area contributed by atoms with Gasteiger partial charge >= 0.3 is 0 Å². The van der Waals surface area contributed by atoms with E-state index < -0.39 is 6.10 Å². The summed E-state index contributed by atoms with van der Waals surface area (Å²) in [7, 11) is 0. The summed E-state index contributed by atoms with van der Waals surface area (Å²) in [5.41, 5.74) is 4.67. The summed E-state index contributed by atoms with van der Waals surface area (Å²) >= 11 is 0. The monoisotopic (exact) mass is 472 g/mol. The molecule has 2 heterocycles. The highest BCUT2D eigenvalue weighted by atomic mass is 16.5. The summed E-state index contributed by atoms with van der Waals surface area (Å²) in [5, 5.41) is 21.2. The predicted molar refractivity (Wildman–Crippen MR) is 136 cm³/mol. The van der Waals surface area contributed by atoms with Gasteiger partial charge in [0.15, 0.2) is 0 Å². The van der Waals surface area contributed by atoms with Crippen molar-refractivity contribution in [2.24, 2.45) is 0 Å². The second-order valence-corrected chi connectivity index (χ2v) is 8.66. The van der Waals surface area contributed by atoms with E-state index in [1.54, 1.807) is 30.3 Å². The first-order valence-corrected chi connectivity index (χ1v) is 11.8. The zero-order valence-corrected chi connectivity index (χ0v) is 19.3.